The Balaban J connectivity index is 1.85. The summed E-state index contributed by atoms with van der Waals surface area (Å²) in [5.74, 6) is 0.901. The van der Waals surface area contributed by atoms with Crippen molar-refractivity contribution in [3.63, 3.8) is 0 Å². The fraction of sp³-hybridized carbons (Fsp3) is 0.615. The van der Waals surface area contributed by atoms with Crippen molar-refractivity contribution >= 4 is 0 Å². The first-order valence-corrected chi connectivity index (χ1v) is 6.13. The Hall–Kier alpha value is -1.47. The molecule has 2 unspecified atom stereocenters. The number of hydrogen-bond donors (Lipinski definition) is 0. The minimum absolute atomic E-state index is 0.348. The molecule has 0 amide bonds. The molecular formula is C13H16N4. The van der Waals surface area contributed by atoms with Crippen LogP contribution in [0.5, 0.6) is 0 Å². The number of rotatable bonds is 2. The average molecular weight is 228 g/mol. The molecule has 1 aliphatic carbocycles. The molecule has 1 aromatic heterocycles. The van der Waals surface area contributed by atoms with Crippen molar-refractivity contribution in [2.75, 3.05) is 13.1 Å². The molecule has 0 radical (unpaired) electrons. The van der Waals surface area contributed by atoms with Crippen LogP contribution < -0.4 is 0 Å². The molecule has 17 heavy (non-hydrogen) atoms. The molecule has 4 heteroatoms. The van der Waals surface area contributed by atoms with E-state index in [9.17, 15) is 5.26 Å². The van der Waals surface area contributed by atoms with Crippen molar-refractivity contribution in [3.05, 3.63) is 24.0 Å². The number of piperidine rings is 1. The molecule has 2 fully saturated rings. The van der Waals surface area contributed by atoms with E-state index < -0.39 is 0 Å². The van der Waals surface area contributed by atoms with E-state index in [0.29, 0.717) is 17.9 Å². The summed E-state index contributed by atoms with van der Waals surface area (Å²) in [5, 5.41) is 17.6. The lowest BCUT2D eigenvalue weighted by Crippen LogP contribution is -2.35. The van der Waals surface area contributed by atoms with Crippen molar-refractivity contribution in [3.8, 4) is 6.07 Å². The molecule has 0 aromatic carbocycles. The van der Waals surface area contributed by atoms with Crippen LogP contribution >= 0.6 is 0 Å². The number of fused-ring (bicyclic) bond motifs is 1. The lowest BCUT2D eigenvalue weighted by Gasteiger charge is -2.25. The quantitative estimate of drug-likeness (QED) is 0.763. The molecule has 2 atom stereocenters. The number of likely N-dealkylation sites (tertiary alicyclic amines) is 1. The molecule has 0 N–H and O–H groups in total. The zero-order valence-corrected chi connectivity index (χ0v) is 10.2. The number of aromatic nitrogens is 2. The Kier molecular flexibility index (Phi) is 2.20. The Morgan fingerprint density at radius 1 is 1.47 bits per heavy atom. The van der Waals surface area contributed by atoms with Gasteiger partial charge < -0.3 is 4.90 Å². The highest BCUT2D eigenvalue weighted by molar-refractivity contribution is 5.42. The molecule has 88 valence electrons. The molecule has 1 saturated carbocycles. The van der Waals surface area contributed by atoms with Gasteiger partial charge in [-0.2, -0.15) is 15.5 Å². The van der Waals surface area contributed by atoms with Crippen LogP contribution in [0.1, 0.15) is 19.5 Å². The first kappa shape index (κ1) is 10.7. The van der Waals surface area contributed by atoms with Crippen molar-refractivity contribution in [2.24, 2.45) is 11.8 Å². The second-order valence-electron chi connectivity index (χ2n) is 5.35. The summed E-state index contributed by atoms with van der Waals surface area (Å²) in [6, 6.07) is 6.88. The van der Waals surface area contributed by atoms with Crippen LogP contribution in [0.3, 0.4) is 0 Å². The van der Waals surface area contributed by atoms with E-state index in [1.54, 1.807) is 6.20 Å². The molecule has 1 aromatic rings. The van der Waals surface area contributed by atoms with Gasteiger partial charge in [0.1, 0.15) is 5.41 Å². The van der Waals surface area contributed by atoms with Crippen molar-refractivity contribution in [1.82, 2.24) is 15.1 Å². The molecule has 1 aliphatic heterocycles. The van der Waals surface area contributed by atoms with Crippen LogP contribution in [0.4, 0.5) is 0 Å². The molecule has 1 saturated heterocycles. The SMILES string of the molecule is CC(C)N1CC2C(C1)C2(C#N)c1cccnn1. The van der Waals surface area contributed by atoms with E-state index >= 15 is 0 Å². The van der Waals surface area contributed by atoms with E-state index in [1.807, 2.05) is 12.1 Å². The number of nitrogens with zero attached hydrogens (tertiary/aromatic N) is 4. The third-order valence-corrected chi connectivity index (χ3v) is 4.32. The molecule has 0 spiro atoms. The molecule has 0 bridgehead atoms. The van der Waals surface area contributed by atoms with Gasteiger partial charge in [0, 0.05) is 37.2 Å². The fourth-order valence-electron chi connectivity index (χ4n) is 3.21. The molecule has 2 aliphatic rings. The van der Waals surface area contributed by atoms with Crippen molar-refractivity contribution in [2.45, 2.75) is 25.3 Å². The summed E-state index contributed by atoms with van der Waals surface area (Å²) in [5.41, 5.74) is 0.514. The Bertz CT molecular complexity index is 450. The summed E-state index contributed by atoms with van der Waals surface area (Å²) >= 11 is 0. The first-order chi connectivity index (χ1) is 8.20. The minimum atomic E-state index is -0.348. The Morgan fingerprint density at radius 2 is 2.18 bits per heavy atom. The standard InChI is InChI=1S/C13H16N4/c1-9(2)17-6-10-11(7-17)13(10,8-14)12-4-3-5-15-16-12/h3-5,9-11H,6-7H2,1-2H3. The van der Waals surface area contributed by atoms with E-state index in [4.69, 9.17) is 0 Å². The zero-order valence-electron chi connectivity index (χ0n) is 10.2. The largest absolute Gasteiger partial charge is 0.300 e. The van der Waals surface area contributed by atoms with Crippen molar-refractivity contribution in [1.29, 1.82) is 5.26 Å². The Labute approximate surface area is 101 Å². The molecule has 3 rings (SSSR count). The monoisotopic (exact) mass is 228 g/mol. The van der Waals surface area contributed by atoms with Gasteiger partial charge in [-0.1, -0.05) is 0 Å². The normalized spacial score (nSPS) is 35.6. The van der Waals surface area contributed by atoms with Crippen LogP contribution in [-0.2, 0) is 5.41 Å². The third-order valence-electron chi connectivity index (χ3n) is 4.32. The van der Waals surface area contributed by atoms with E-state index in [2.05, 4.69) is 35.0 Å². The highest BCUT2D eigenvalue weighted by Gasteiger charge is 2.71. The van der Waals surface area contributed by atoms with Crippen LogP contribution in [0.15, 0.2) is 18.3 Å². The summed E-state index contributed by atoms with van der Waals surface area (Å²) in [4.78, 5) is 2.45. The molecule has 2 heterocycles. The lowest BCUT2D eigenvalue weighted by atomic mass is 9.96. The van der Waals surface area contributed by atoms with Gasteiger partial charge in [0.25, 0.3) is 0 Å². The van der Waals surface area contributed by atoms with Crippen LogP contribution in [0.2, 0.25) is 0 Å². The van der Waals surface area contributed by atoms with Gasteiger partial charge in [-0.3, -0.25) is 0 Å². The van der Waals surface area contributed by atoms with Crippen molar-refractivity contribution < 1.29 is 0 Å². The minimum Gasteiger partial charge on any atom is -0.300 e. The van der Waals surface area contributed by atoms with E-state index in [-0.39, 0.29) is 5.41 Å². The predicted molar refractivity (Wildman–Crippen MR) is 63.0 cm³/mol. The van der Waals surface area contributed by atoms with E-state index in [0.717, 1.165) is 18.8 Å². The maximum absolute atomic E-state index is 9.50. The molecular weight excluding hydrogens is 212 g/mol. The maximum atomic E-state index is 9.50. The highest BCUT2D eigenvalue weighted by atomic mass is 15.2. The summed E-state index contributed by atoms with van der Waals surface area (Å²) in [7, 11) is 0. The summed E-state index contributed by atoms with van der Waals surface area (Å²) < 4.78 is 0. The predicted octanol–water partition coefficient (Wildman–Crippen LogP) is 1.21. The van der Waals surface area contributed by atoms with Gasteiger partial charge in [-0.15, -0.1) is 0 Å². The zero-order chi connectivity index (χ0) is 12.0. The highest BCUT2D eigenvalue weighted by Crippen LogP contribution is 2.62. The van der Waals surface area contributed by atoms with Crippen LogP contribution in [0.25, 0.3) is 0 Å². The summed E-state index contributed by atoms with van der Waals surface area (Å²) in [6.07, 6.45) is 1.66. The number of hydrogen-bond acceptors (Lipinski definition) is 4. The van der Waals surface area contributed by atoms with Crippen LogP contribution in [-0.4, -0.2) is 34.2 Å². The lowest BCUT2D eigenvalue weighted by molar-refractivity contribution is 0.233. The topological polar surface area (TPSA) is 52.8 Å². The Morgan fingerprint density at radius 3 is 2.65 bits per heavy atom. The van der Waals surface area contributed by atoms with Gasteiger partial charge in [-0.25, -0.2) is 0 Å². The number of nitriles is 1. The smallest absolute Gasteiger partial charge is 0.110 e. The fourth-order valence-corrected chi connectivity index (χ4v) is 3.21. The van der Waals surface area contributed by atoms with E-state index in [1.165, 1.54) is 0 Å². The van der Waals surface area contributed by atoms with Gasteiger partial charge >= 0.3 is 0 Å². The van der Waals surface area contributed by atoms with Crippen LogP contribution in [0, 0.1) is 23.2 Å². The second kappa shape index (κ2) is 3.51. The van der Waals surface area contributed by atoms with Gasteiger partial charge in [-0.05, 0) is 26.0 Å². The third kappa shape index (κ3) is 1.32. The first-order valence-electron chi connectivity index (χ1n) is 6.13. The van der Waals surface area contributed by atoms with Gasteiger partial charge in [0.2, 0.25) is 0 Å². The maximum Gasteiger partial charge on any atom is 0.110 e. The summed E-state index contributed by atoms with van der Waals surface area (Å²) in [6.45, 7) is 6.46. The molecule has 4 nitrogen and oxygen atoms in total. The average Bonchev–Trinajstić information content (AvgIpc) is 2.73. The second-order valence-corrected chi connectivity index (χ2v) is 5.35. The van der Waals surface area contributed by atoms with Gasteiger partial charge in [0.05, 0.1) is 11.8 Å². The van der Waals surface area contributed by atoms with Gasteiger partial charge in [0.15, 0.2) is 0 Å².